The first kappa shape index (κ1) is 16.6. The van der Waals surface area contributed by atoms with Gasteiger partial charge >= 0.3 is 0 Å². The van der Waals surface area contributed by atoms with E-state index in [-0.39, 0.29) is 30.8 Å². The van der Waals surface area contributed by atoms with Crippen LogP contribution in [-0.4, -0.2) is 38.6 Å². The zero-order valence-corrected chi connectivity index (χ0v) is 13.2. The van der Waals surface area contributed by atoms with Crippen molar-refractivity contribution in [2.24, 2.45) is 5.92 Å². The van der Waals surface area contributed by atoms with Gasteiger partial charge in [0.05, 0.1) is 12.2 Å². The van der Waals surface area contributed by atoms with E-state index in [4.69, 9.17) is 4.74 Å². The van der Waals surface area contributed by atoms with Gasteiger partial charge < -0.3 is 20.3 Å². The molecule has 0 unspecified atom stereocenters. The number of amides is 2. The summed E-state index contributed by atoms with van der Waals surface area (Å²) in [5.41, 5.74) is 1.34. The van der Waals surface area contributed by atoms with Gasteiger partial charge in [-0.15, -0.1) is 12.4 Å². The Morgan fingerprint density at radius 3 is 2.91 bits per heavy atom. The Balaban J connectivity index is 0.00000176. The average molecular weight is 326 g/mol. The molecule has 0 aromatic heterocycles. The molecule has 1 aromatic rings. The molecule has 1 heterocycles. The maximum atomic E-state index is 11.8. The number of fused-ring (bicyclic) bond motifs is 1. The minimum atomic E-state index is -0.0999. The number of benzene rings is 1. The molecule has 2 aliphatic rings. The number of rotatable bonds is 5. The number of carbonyl (C=O) groups excluding carboxylic acids is 2. The molecule has 0 spiro atoms. The van der Waals surface area contributed by atoms with Gasteiger partial charge in [0.25, 0.3) is 5.91 Å². The van der Waals surface area contributed by atoms with Gasteiger partial charge in [-0.2, -0.15) is 0 Å². The molecule has 0 saturated heterocycles. The third-order valence-corrected chi connectivity index (χ3v) is 3.74. The van der Waals surface area contributed by atoms with Gasteiger partial charge in [-0.05, 0) is 43.5 Å². The van der Waals surface area contributed by atoms with Crippen LogP contribution in [0.3, 0.4) is 0 Å². The lowest BCUT2D eigenvalue weighted by molar-refractivity contribution is -0.121. The molecule has 2 N–H and O–H groups in total. The first-order valence-corrected chi connectivity index (χ1v) is 7.17. The zero-order chi connectivity index (χ0) is 14.8. The molecule has 1 aliphatic carbocycles. The molecule has 1 aliphatic heterocycles. The van der Waals surface area contributed by atoms with E-state index in [2.05, 4.69) is 10.6 Å². The average Bonchev–Trinajstić information content (AvgIpc) is 3.28. The molecule has 1 saturated carbocycles. The number of nitrogens with zero attached hydrogens (tertiary/aromatic N) is 1. The van der Waals surface area contributed by atoms with E-state index in [9.17, 15) is 9.59 Å². The second kappa shape index (κ2) is 6.98. The van der Waals surface area contributed by atoms with E-state index in [0.29, 0.717) is 23.7 Å². The summed E-state index contributed by atoms with van der Waals surface area (Å²) in [6, 6.07) is 5.30. The summed E-state index contributed by atoms with van der Waals surface area (Å²) in [5.74, 6) is 1.22. The van der Waals surface area contributed by atoms with E-state index in [1.807, 2.05) is 0 Å². The Labute approximate surface area is 135 Å². The molecule has 2 amide bonds. The lowest BCUT2D eigenvalue weighted by Crippen LogP contribution is -2.35. The van der Waals surface area contributed by atoms with Crippen LogP contribution < -0.4 is 20.3 Å². The molecule has 6 nitrogen and oxygen atoms in total. The smallest absolute Gasteiger partial charge is 0.264 e. The summed E-state index contributed by atoms with van der Waals surface area (Å²) >= 11 is 0. The molecule has 0 bridgehead atoms. The van der Waals surface area contributed by atoms with Gasteiger partial charge in [0.2, 0.25) is 5.91 Å². The number of hydrogen-bond donors (Lipinski definition) is 2. The Kier molecular flexibility index (Phi) is 5.26. The second-order valence-electron chi connectivity index (χ2n) is 5.55. The van der Waals surface area contributed by atoms with Crippen molar-refractivity contribution in [3.05, 3.63) is 18.2 Å². The first-order valence-electron chi connectivity index (χ1n) is 7.17. The topological polar surface area (TPSA) is 70.7 Å². The molecule has 1 aromatic carbocycles. The normalized spacial score (nSPS) is 16.4. The van der Waals surface area contributed by atoms with Crippen molar-refractivity contribution in [2.45, 2.75) is 12.8 Å². The Morgan fingerprint density at radius 2 is 2.18 bits per heavy atom. The first-order chi connectivity index (χ1) is 10.1. The minimum absolute atomic E-state index is 0. The van der Waals surface area contributed by atoms with Crippen molar-refractivity contribution in [1.29, 1.82) is 0 Å². The summed E-state index contributed by atoms with van der Waals surface area (Å²) in [6.45, 7) is 1.27. The summed E-state index contributed by atoms with van der Waals surface area (Å²) in [5, 5.41) is 5.97. The van der Waals surface area contributed by atoms with Crippen LogP contribution in [0.1, 0.15) is 12.8 Å². The number of anilines is 2. The van der Waals surface area contributed by atoms with E-state index >= 15 is 0 Å². The lowest BCUT2D eigenvalue weighted by atomic mass is 10.2. The van der Waals surface area contributed by atoms with Crippen molar-refractivity contribution in [3.8, 4) is 5.75 Å². The predicted octanol–water partition coefficient (Wildman–Crippen LogP) is 1.40. The van der Waals surface area contributed by atoms with E-state index < -0.39 is 0 Å². The van der Waals surface area contributed by atoms with Crippen molar-refractivity contribution >= 4 is 35.6 Å². The van der Waals surface area contributed by atoms with Gasteiger partial charge in [0.15, 0.2) is 6.61 Å². The number of halogens is 1. The van der Waals surface area contributed by atoms with Crippen molar-refractivity contribution in [3.63, 3.8) is 0 Å². The van der Waals surface area contributed by atoms with Crippen LogP contribution in [0.25, 0.3) is 0 Å². The van der Waals surface area contributed by atoms with Gasteiger partial charge in [-0.25, -0.2) is 0 Å². The highest BCUT2D eigenvalue weighted by Crippen LogP contribution is 2.33. The predicted molar refractivity (Wildman–Crippen MR) is 86.8 cm³/mol. The highest BCUT2D eigenvalue weighted by molar-refractivity contribution is 5.99. The lowest BCUT2D eigenvalue weighted by Gasteiger charge is -2.26. The monoisotopic (exact) mass is 325 g/mol. The fourth-order valence-corrected chi connectivity index (χ4v) is 2.27. The second-order valence-corrected chi connectivity index (χ2v) is 5.55. The van der Waals surface area contributed by atoms with E-state index in [1.165, 1.54) is 12.8 Å². The Bertz CT molecular complexity index is 575. The molecule has 22 heavy (non-hydrogen) atoms. The third kappa shape index (κ3) is 3.90. The van der Waals surface area contributed by atoms with Crippen molar-refractivity contribution in [2.75, 3.05) is 37.0 Å². The summed E-state index contributed by atoms with van der Waals surface area (Å²) in [4.78, 5) is 25.0. The quantitative estimate of drug-likeness (QED) is 0.858. The highest BCUT2D eigenvalue weighted by Gasteiger charge is 2.23. The van der Waals surface area contributed by atoms with Crippen molar-refractivity contribution in [1.82, 2.24) is 5.32 Å². The Morgan fingerprint density at radius 1 is 1.41 bits per heavy atom. The molecule has 120 valence electrons. The van der Waals surface area contributed by atoms with Crippen LogP contribution >= 0.6 is 12.4 Å². The molecular weight excluding hydrogens is 306 g/mol. The number of carbonyl (C=O) groups is 2. The van der Waals surface area contributed by atoms with Crippen molar-refractivity contribution < 1.29 is 14.3 Å². The SMILES string of the molecule is CN1C(=O)COc2ccc(NC(=O)CNCC3CC3)cc21.Cl. The van der Waals surface area contributed by atoms with Crippen LogP contribution in [0.15, 0.2) is 18.2 Å². The standard InChI is InChI=1S/C15H19N3O3.ClH/c1-18-12-6-11(4-5-13(12)21-9-15(18)20)17-14(19)8-16-7-10-2-3-10;/h4-6,10,16H,2-3,7-9H2,1H3,(H,17,19);1H. The zero-order valence-electron chi connectivity index (χ0n) is 12.4. The van der Waals surface area contributed by atoms with Crippen LogP contribution in [-0.2, 0) is 9.59 Å². The molecule has 3 rings (SSSR count). The number of hydrogen-bond acceptors (Lipinski definition) is 4. The number of nitrogens with one attached hydrogen (secondary N) is 2. The maximum absolute atomic E-state index is 11.8. The van der Waals surface area contributed by atoms with Crippen LogP contribution in [0.2, 0.25) is 0 Å². The van der Waals surface area contributed by atoms with Gasteiger partial charge in [0, 0.05) is 12.7 Å². The summed E-state index contributed by atoms with van der Waals surface area (Å²) in [6.07, 6.45) is 2.53. The molecule has 1 fully saturated rings. The highest BCUT2D eigenvalue weighted by atomic mass is 35.5. The van der Waals surface area contributed by atoms with Crippen LogP contribution in [0.4, 0.5) is 11.4 Å². The van der Waals surface area contributed by atoms with Gasteiger partial charge in [-0.3, -0.25) is 9.59 Å². The minimum Gasteiger partial charge on any atom is -0.482 e. The molecule has 0 atom stereocenters. The Hall–Kier alpha value is -1.79. The molecule has 0 radical (unpaired) electrons. The largest absolute Gasteiger partial charge is 0.482 e. The summed E-state index contributed by atoms with van der Waals surface area (Å²) < 4.78 is 5.35. The fourth-order valence-electron chi connectivity index (χ4n) is 2.27. The van der Waals surface area contributed by atoms with E-state index in [0.717, 1.165) is 12.5 Å². The number of likely N-dealkylation sites (N-methyl/N-ethyl adjacent to an activating group) is 1. The van der Waals surface area contributed by atoms with Crippen LogP contribution in [0.5, 0.6) is 5.75 Å². The molecule has 7 heteroatoms. The van der Waals surface area contributed by atoms with Gasteiger partial charge in [0.1, 0.15) is 5.75 Å². The fraction of sp³-hybridized carbons (Fsp3) is 0.467. The molecular formula is C15H20ClN3O3. The maximum Gasteiger partial charge on any atom is 0.264 e. The third-order valence-electron chi connectivity index (χ3n) is 3.74. The van der Waals surface area contributed by atoms with Gasteiger partial charge in [-0.1, -0.05) is 0 Å². The number of ether oxygens (including phenoxy) is 1. The van der Waals surface area contributed by atoms with E-state index in [1.54, 1.807) is 30.1 Å². The summed E-state index contributed by atoms with van der Waals surface area (Å²) in [7, 11) is 1.70. The van der Waals surface area contributed by atoms with Crippen LogP contribution in [0, 0.1) is 5.92 Å².